The normalized spacial score (nSPS) is 20.1. The number of nitrogens with one attached hydrogen (secondary N) is 1. The van der Waals surface area contributed by atoms with Crippen molar-refractivity contribution >= 4 is 29.1 Å². The standard InChI is InChI=1S/C23H23Cl2F3N2O2/c24-20-12-16(14-1-3-18(4-2-14)32-23(26,27)28)13-21(25)19(20)11-15-7-10-30(22(15)31)17-5-8-29-9-6-17/h1-4,12-13,15,17,29H,5-11H2. The van der Waals surface area contributed by atoms with Crippen LogP contribution in [-0.4, -0.2) is 42.8 Å². The molecule has 2 saturated heterocycles. The van der Waals surface area contributed by atoms with E-state index in [1.54, 1.807) is 12.1 Å². The van der Waals surface area contributed by atoms with Crippen LogP contribution in [-0.2, 0) is 11.2 Å². The summed E-state index contributed by atoms with van der Waals surface area (Å²) in [7, 11) is 0. The molecule has 4 rings (SSSR count). The summed E-state index contributed by atoms with van der Waals surface area (Å²) in [6, 6.07) is 9.27. The maximum atomic E-state index is 13.0. The largest absolute Gasteiger partial charge is 0.573 e. The second kappa shape index (κ2) is 9.49. The van der Waals surface area contributed by atoms with Gasteiger partial charge in [-0.1, -0.05) is 35.3 Å². The Hall–Kier alpha value is -1.96. The molecule has 32 heavy (non-hydrogen) atoms. The van der Waals surface area contributed by atoms with Crippen LogP contribution in [0.5, 0.6) is 5.75 Å². The number of piperidine rings is 1. The number of rotatable bonds is 5. The molecule has 1 amide bonds. The first kappa shape index (κ1) is 23.2. The Morgan fingerprint density at radius 1 is 1.00 bits per heavy atom. The molecule has 2 heterocycles. The van der Waals surface area contributed by atoms with Gasteiger partial charge in [-0.05, 0) is 79.7 Å². The van der Waals surface area contributed by atoms with E-state index in [2.05, 4.69) is 10.1 Å². The van der Waals surface area contributed by atoms with Crippen molar-refractivity contribution in [2.75, 3.05) is 19.6 Å². The van der Waals surface area contributed by atoms with Gasteiger partial charge in [-0.15, -0.1) is 13.2 Å². The lowest BCUT2D eigenvalue weighted by atomic mass is 9.95. The van der Waals surface area contributed by atoms with Gasteiger partial charge in [-0.25, -0.2) is 0 Å². The minimum atomic E-state index is -4.74. The quantitative estimate of drug-likeness (QED) is 0.588. The van der Waals surface area contributed by atoms with Crippen molar-refractivity contribution in [1.82, 2.24) is 10.2 Å². The van der Waals surface area contributed by atoms with E-state index in [1.807, 2.05) is 4.90 Å². The molecule has 0 radical (unpaired) electrons. The van der Waals surface area contributed by atoms with E-state index in [0.717, 1.165) is 44.5 Å². The van der Waals surface area contributed by atoms with Crippen molar-refractivity contribution < 1.29 is 22.7 Å². The topological polar surface area (TPSA) is 41.6 Å². The van der Waals surface area contributed by atoms with E-state index in [0.29, 0.717) is 33.6 Å². The second-order valence-corrected chi connectivity index (χ2v) is 9.01. The SMILES string of the molecule is O=C1C(Cc2c(Cl)cc(-c3ccc(OC(F)(F)F)cc3)cc2Cl)CCN1C1CCNCC1. The van der Waals surface area contributed by atoms with Crippen LogP contribution in [0.3, 0.4) is 0 Å². The number of hydrogen-bond acceptors (Lipinski definition) is 3. The molecule has 0 aliphatic carbocycles. The summed E-state index contributed by atoms with van der Waals surface area (Å²) in [5, 5.41) is 4.20. The van der Waals surface area contributed by atoms with Gasteiger partial charge < -0.3 is 15.0 Å². The monoisotopic (exact) mass is 486 g/mol. The van der Waals surface area contributed by atoms with Crippen molar-refractivity contribution in [3.05, 3.63) is 52.0 Å². The van der Waals surface area contributed by atoms with Crippen molar-refractivity contribution in [2.45, 2.75) is 38.1 Å². The van der Waals surface area contributed by atoms with Gasteiger partial charge in [0, 0.05) is 28.5 Å². The molecule has 9 heteroatoms. The molecule has 0 spiro atoms. The molecule has 2 fully saturated rings. The third kappa shape index (κ3) is 5.33. The highest BCUT2D eigenvalue weighted by atomic mass is 35.5. The molecule has 2 aliphatic heterocycles. The third-order valence-electron chi connectivity index (χ3n) is 6.11. The molecule has 2 aromatic rings. The Bertz CT molecular complexity index is 953. The smallest absolute Gasteiger partial charge is 0.406 e. The zero-order chi connectivity index (χ0) is 22.9. The minimum absolute atomic E-state index is 0.149. The number of benzene rings is 2. The summed E-state index contributed by atoms with van der Waals surface area (Å²) < 4.78 is 41.0. The molecule has 4 nitrogen and oxygen atoms in total. The third-order valence-corrected chi connectivity index (χ3v) is 6.79. The Balaban J connectivity index is 1.47. The lowest BCUT2D eigenvalue weighted by Crippen LogP contribution is -2.44. The predicted octanol–water partition coefficient (Wildman–Crippen LogP) is 5.70. The average Bonchev–Trinajstić information content (AvgIpc) is 3.11. The zero-order valence-electron chi connectivity index (χ0n) is 17.2. The summed E-state index contributed by atoms with van der Waals surface area (Å²) in [6.45, 7) is 2.62. The highest BCUT2D eigenvalue weighted by molar-refractivity contribution is 6.36. The Labute approximate surface area is 194 Å². The van der Waals surface area contributed by atoms with Crippen molar-refractivity contribution in [2.24, 2.45) is 5.92 Å². The Kier molecular flexibility index (Phi) is 6.89. The van der Waals surface area contributed by atoms with Gasteiger partial charge in [0.25, 0.3) is 0 Å². The van der Waals surface area contributed by atoms with Crippen LogP contribution in [0.15, 0.2) is 36.4 Å². The molecule has 1 atom stereocenters. The summed E-state index contributed by atoms with van der Waals surface area (Å²) >= 11 is 13.0. The fourth-order valence-corrected chi connectivity index (χ4v) is 5.13. The van der Waals surface area contributed by atoms with Crippen LogP contribution in [0.2, 0.25) is 10.0 Å². The molecule has 1 unspecified atom stereocenters. The summed E-state index contributed by atoms with van der Waals surface area (Å²) in [6.07, 6.45) is -1.55. The molecular formula is C23H23Cl2F3N2O2. The van der Waals surface area contributed by atoms with Crippen LogP contribution in [0.4, 0.5) is 13.2 Å². The van der Waals surface area contributed by atoms with Gasteiger partial charge in [0.15, 0.2) is 0 Å². The van der Waals surface area contributed by atoms with E-state index in [-0.39, 0.29) is 17.6 Å². The molecule has 0 aromatic heterocycles. The molecule has 0 bridgehead atoms. The maximum Gasteiger partial charge on any atom is 0.573 e. The number of likely N-dealkylation sites (tertiary alicyclic amines) is 1. The fourth-order valence-electron chi connectivity index (χ4n) is 4.49. The first-order valence-electron chi connectivity index (χ1n) is 10.6. The first-order valence-corrected chi connectivity index (χ1v) is 11.3. The molecule has 172 valence electrons. The number of carbonyl (C=O) groups excluding carboxylic acids is 1. The van der Waals surface area contributed by atoms with Gasteiger partial charge in [0.2, 0.25) is 5.91 Å². The van der Waals surface area contributed by atoms with Crippen molar-refractivity contribution in [1.29, 1.82) is 0 Å². The number of amides is 1. The number of ether oxygens (including phenoxy) is 1. The van der Waals surface area contributed by atoms with Crippen LogP contribution < -0.4 is 10.1 Å². The molecule has 2 aliphatic rings. The first-order chi connectivity index (χ1) is 15.2. The number of hydrogen-bond donors (Lipinski definition) is 1. The van der Waals surface area contributed by atoms with Gasteiger partial charge in [-0.3, -0.25) is 4.79 Å². The predicted molar refractivity (Wildman–Crippen MR) is 118 cm³/mol. The molecular weight excluding hydrogens is 464 g/mol. The summed E-state index contributed by atoms with van der Waals surface area (Å²) in [4.78, 5) is 15.0. The summed E-state index contributed by atoms with van der Waals surface area (Å²) in [5.41, 5.74) is 2.06. The van der Waals surface area contributed by atoms with E-state index in [1.165, 1.54) is 24.3 Å². The van der Waals surface area contributed by atoms with Gasteiger partial charge >= 0.3 is 6.36 Å². The van der Waals surface area contributed by atoms with Gasteiger partial charge in [0.05, 0.1) is 0 Å². The van der Waals surface area contributed by atoms with E-state index >= 15 is 0 Å². The molecule has 1 N–H and O–H groups in total. The average molecular weight is 487 g/mol. The minimum Gasteiger partial charge on any atom is -0.406 e. The lowest BCUT2D eigenvalue weighted by Gasteiger charge is -2.31. The highest BCUT2D eigenvalue weighted by Crippen LogP contribution is 2.36. The lowest BCUT2D eigenvalue weighted by molar-refractivity contribution is -0.274. The van der Waals surface area contributed by atoms with Crippen molar-refractivity contribution in [3.63, 3.8) is 0 Å². The van der Waals surface area contributed by atoms with E-state index in [9.17, 15) is 18.0 Å². The zero-order valence-corrected chi connectivity index (χ0v) is 18.7. The van der Waals surface area contributed by atoms with Crippen molar-refractivity contribution in [3.8, 4) is 16.9 Å². The number of nitrogens with zero attached hydrogens (tertiary/aromatic N) is 1. The van der Waals surface area contributed by atoms with E-state index < -0.39 is 6.36 Å². The number of halogens is 5. The molecule has 2 aromatic carbocycles. The molecule has 0 saturated carbocycles. The van der Waals surface area contributed by atoms with Gasteiger partial charge in [0.1, 0.15) is 5.75 Å². The van der Waals surface area contributed by atoms with Crippen LogP contribution in [0.1, 0.15) is 24.8 Å². The summed E-state index contributed by atoms with van der Waals surface area (Å²) in [5.74, 6) is -0.286. The van der Waals surface area contributed by atoms with Crippen LogP contribution >= 0.6 is 23.2 Å². The van der Waals surface area contributed by atoms with E-state index in [4.69, 9.17) is 23.2 Å². The number of alkyl halides is 3. The second-order valence-electron chi connectivity index (χ2n) is 8.19. The van der Waals surface area contributed by atoms with Gasteiger partial charge in [-0.2, -0.15) is 0 Å². The Morgan fingerprint density at radius 3 is 2.22 bits per heavy atom. The van der Waals surface area contributed by atoms with Crippen LogP contribution in [0.25, 0.3) is 11.1 Å². The number of carbonyl (C=O) groups is 1. The highest BCUT2D eigenvalue weighted by Gasteiger charge is 2.36. The fraction of sp³-hybridized carbons (Fsp3) is 0.435. The van der Waals surface area contributed by atoms with Crippen LogP contribution in [0, 0.1) is 5.92 Å². The Morgan fingerprint density at radius 2 is 1.62 bits per heavy atom. The maximum absolute atomic E-state index is 13.0.